The van der Waals surface area contributed by atoms with Gasteiger partial charge in [-0.15, -0.1) is 0 Å². The molecule has 0 bridgehead atoms. The van der Waals surface area contributed by atoms with Crippen LogP contribution in [0, 0.1) is 6.92 Å². The Balaban J connectivity index is 1.30. The number of carbonyl (C=O) groups is 1. The van der Waals surface area contributed by atoms with Gasteiger partial charge in [-0.2, -0.15) is 0 Å². The molecule has 1 aliphatic carbocycles. The zero-order valence-electron chi connectivity index (χ0n) is 19.4. The number of oxazole rings is 1. The first-order valence-electron chi connectivity index (χ1n) is 11.6. The Morgan fingerprint density at radius 1 is 1.00 bits per heavy atom. The predicted molar refractivity (Wildman–Crippen MR) is 134 cm³/mol. The van der Waals surface area contributed by atoms with Crippen LogP contribution in [-0.4, -0.2) is 19.3 Å². The molecular weight excluding hydrogens is 460 g/mol. The fraction of sp³-hybridized carbons (Fsp3) is 0.214. The standard InChI is InChI=1S/C28H26N2O4S/c1-19-26(18-35(32,33)23-10-3-2-4-11-23)30-28(34-19)22-16-14-21(15-17-22)27(31)29-25-13-7-9-20-8-5-6-12-24(20)25/h2-6,8,10-12,14-17,25H,7,9,13,18H2,1H3,(H,29,31)/t25-/m0/s1. The van der Waals surface area contributed by atoms with Gasteiger partial charge in [0.15, 0.2) is 9.84 Å². The lowest BCUT2D eigenvalue weighted by atomic mass is 9.87. The molecule has 178 valence electrons. The highest BCUT2D eigenvalue weighted by atomic mass is 32.2. The maximum absolute atomic E-state index is 12.9. The first kappa shape index (κ1) is 23.1. The van der Waals surface area contributed by atoms with Gasteiger partial charge in [0.2, 0.25) is 5.89 Å². The lowest BCUT2D eigenvalue weighted by molar-refractivity contribution is 0.0932. The van der Waals surface area contributed by atoms with Gasteiger partial charge >= 0.3 is 0 Å². The van der Waals surface area contributed by atoms with Crippen molar-refractivity contribution in [2.75, 3.05) is 0 Å². The number of hydrogen-bond donors (Lipinski definition) is 1. The number of nitrogens with zero attached hydrogens (tertiary/aromatic N) is 1. The molecule has 6 nitrogen and oxygen atoms in total. The minimum absolute atomic E-state index is 0.00985. The monoisotopic (exact) mass is 486 g/mol. The van der Waals surface area contributed by atoms with Crippen molar-refractivity contribution in [3.05, 3.63) is 107 Å². The Kier molecular flexibility index (Phi) is 6.26. The maximum atomic E-state index is 12.9. The molecule has 1 aromatic heterocycles. The highest BCUT2D eigenvalue weighted by Crippen LogP contribution is 2.30. The van der Waals surface area contributed by atoms with Crippen molar-refractivity contribution in [3.63, 3.8) is 0 Å². The largest absolute Gasteiger partial charge is 0.441 e. The smallest absolute Gasteiger partial charge is 0.251 e. The van der Waals surface area contributed by atoms with E-state index in [0.29, 0.717) is 28.5 Å². The lowest BCUT2D eigenvalue weighted by Gasteiger charge is -2.26. The SMILES string of the molecule is Cc1oc(-c2ccc(C(=O)N[C@H]3CCCc4ccccc43)cc2)nc1CS(=O)(=O)c1ccccc1. The van der Waals surface area contributed by atoms with Crippen LogP contribution in [0.3, 0.4) is 0 Å². The molecule has 0 spiro atoms. The summed E-state index contributed by atoms with van der Waals surface area (Å²) in [5.41, 5.74) is 4.09. The van der Waals surface area contributed by atoms with Crippen molar-refractivity contribution >= 4 is 15.7 Å². The Hall–Kier alpha value is -3.71. The molecule has 35 heavy (non-hydrogen) atoms. The molecule has 0 aliphatic heterocycles. The van der Waals surface area contributed by atoms with Crippen molar-refractivity contribution in [3.8, 4) is 11.5 Å². The number of fused-ring (bicyclic) bond motifs is 1. The van der Waals surface area contributed by atoms with Crippen molar-refractivity contribution in [1.82, 2.24) is 10.3 Å². The molecule has 1 heterocycles. The summed E-state index contributed by atoms with van der Waals surface area (Å²) in [5, 5.41) is 3.16. The van der Waals surface area contributed by atoms with Crippen LogP contribution in [0.2, 0.25) is 0 Å². The highest BCUT2D eigenvalue weighted by Gasteiger charge is 2.23. The van der Waals surface area contributed by atoms with Gasteiger partial charge < -0.3 is 9.73 Å². The van der Waals surface area contributed by atoms with Gasteiger partial charge in [0.05, 0.1) is 16.6 Å². The Bertz CT molecular complexity index is 1460. The van der Waals surface area contributed by atoms with E-state index < -0.39 is 9.84 Å². The van der Waals surface area contributed by atoms with Gasteiger partial charge in [-0.3, -0.25) is 4.79 Å². The molecule has 1 N–H and O–H groups in total. The summed E-state index contributed by atoms with van der Waals surface area (Å²) in [6, 6.07) is 23.6. The molecule has 1 aliphatic rings. The minimum Gasteiger partial charge on any atom is -0.441 e. The van der Waals surface area contributed by atoms with E-state index in [-0.39, 0.29) is 22.6 Å². The molecule has 5 rings (SSSR count). The second-order valence-corrected chi connectivity index (χ2v) is 10.8. The van der Waals surface area contributed by atoms with Crippen LogP contribution >= 0.6 is 0 Å². The third kappa shape index (κ3) is 4.91. The summed E-state index contributed by atoms with van der Waals surface area (Å²) >= 11 is 0. The van der Waals surface area contributed by atoms with Crippen LogP contribution in [-0.2, 0) is 22.0 Å². The summed E-state index contributed by atoms with van der Waals surface area (Å²) in [6.45, 7) is 1.70. The normalized spacial score (nSPS) is 15.4. The zero-order valence-corrected chi connectivity index (χ0v) is 20.2. The lowest BCUT2D eigenvalue weighted by Crippen LogP contribution is -2.30. The molecule has 3 aromatic carbocycles. The van der Waals surface area contributed by atoms with Crippen molar-refractivity contribution in [1.29, 1.82) is 0 Å². The number of rotatable bonds is 6. The molecule has 0 radical (unpaired) electrons. The third-order valence-electron chi connectivity index (χ3n) is 6.39. The maximum Gasteiger partial charge on any atom is 0.251 e. The number of sulfone groups is 1. The molecule has 1 atom stereocenters. The molecule has 4 aromatic rings. The summed E-state index contributed by atoms with van der Waals surface area (Å²) < 4.78 is 31.2. The van der Waals surface area contributed by atoms with E-state index in [4.69, 9.17) is 4.42 Å². The molecular formula is C28H26N2O4S. The van der Waals surface area contributed by atoms with Crippen LogP contribution in [0.4, 0.5) is 0 Å². The van der Waals surface area contributed by atoms with Gasteiger partial charge in [-0.25, -0.2) is 13.4 Å². The fourth-order valence-electron chi connectivity index (χ4n) is 4.49. The second-order valence-electron chi connectivity index (χ2n) is 8.79. The molecule has 1 amide bonds. The van der Waals surface area contributed by atoms with Crippen molar-refractivity contribution < 1.29 is 17.6 Å². The van der Waals surface area contributed by atoms with Crippen LogP contribution < -0.4 is 5.32 Å². The van der Waals surface area contributed by atoms with Crippen LogP contribution in [0.25, 0.3) is 11.5 Å². The van der Waals surface area contributed by atoms with Crippen LogP contribution in [0.15, 0.2) is 88.2 Å². The molecule has 0 saturated carbocycles. The first-order valence-corrected chi connectivity index (χ1v) is 13.3. The third-order valence-corrected chi connectivity index (χ3v) is 8.03. The van der Waals surface area contributed by atoms with Gasteiger partial charge in [-0.05, 0) is 73.7 Å². The van der Waals surface area contributed by atoms with E-state index in [0.717, 1.165) is 19.3 Å². The second kappa shape index (κ2) is 9.50. The number of benzene rings is 3. The topological polar surface area (TPSA) is 89.3 Å². The average Bonchev–Trinajstić information content (AvgIpc) is 3.24. The fourth-order valence-corrected chi connectivity index (χ4v) is 5.85. The Morgan fingerprint density at radius 3 is 2.49 bits per heavy atom. The van der Waals surface area contributed by atoms with E-state index in [1.807, 2.05) is 12.1 Å². The van der Waals surface area contributed by atoms with Gasteiger partial charge in [0.25, 0.3) is 5.91 Å². The number of nitrogens with one attached hydrogen (secondary N) is 1. The summed E-state index contributed by atoms with van der Waals surface area (Å²) in [5.74, 6) is 0.415. The van der Waals surface area contributed by atoms with Gasteiger partial charge in [-0.1, -0.05) is 42.5 Å². The number of aryl methyl sites for hydroxylation is 2. The van der Waals surface area contributed by atoms with Crippen molar-refractivity contribution in [2.45, 2.75) is 42.9 Å². The number of amides is 1. The van der Waals surface area contributed by atoms with E-state index in [9.17, 15) is 13.2 Å². The Labute approximate surface area is 205 Å². The van der Waals surface area contributed by atoms with Crippen LogP contribution in [0.1, 0.15) is 51.8 Å². The minimum atomic E-state index is -3.53. The Morgan fingerprint density at radius 2 is 1.71 bits per heavy atom. The van der Waals surface area contributed by atoms with Gasteiger partial charge in [0, 0.05) is 11.1 Å². The highest BCUT2D eigenvalue weighted by molar-refractivity contribution is 7.90. The van der Waals surface area contributed by atoms with Crippen molar-refractivity contribution in [2.24, 2.45) is 0 Å². The number of carbonyl (C=O) groups excluding carboxylic acids is 1. The van der Waals surface area contributed by atoms with E-state index >= 15 is 0 Å². The predicted octanol–water partition coefficient (Wildman–Crippen LogP) is 5.43. The summed E-state index contributed by atoms with van der Waals surface area (Å²) in [4.78, 5) is 17.6. The zero-order chi connectivity index (χ0) is 24.4. The average molecular weight is 487 g/mol. The van der Waals surface area contributed by atoms with E-state index in [2.05, 4.69) is 22.4 Å². The van der Waals surface area contributed by atoms with E-state index in [1.165, 1.54) is 11.1 Å². The van der Waals surface area contributed by atoms with Gasteiger partial charge in [0.1, 0.15) is 11.5 Å². The molecule has 0 fully saturated rings. The molecule has 7 heteroatoms. The first-order chi connectivity index (χ1) is 16.9. The number of hydrogen-bond acceptors (Lipinski definition) is 5. The summed E-state index contributed by atoms with van der Waals surface area (Å²) in [6.07, 6.45) is 3.01. The van der Waals surface area contributed by atoms with E-state index in [1.54, 1.807) is 61.5 Å². The van der Waals surface area contributed by atoms with Crippen LogP contribution in [0.5, 0.6) is 0 Å². The quantitative estimate of drug-likeness (QED) is 0.392. The summed E-state index contributed by atoms with van der Waals surface area (Å²) in [7, 11) is -3.53. The molecule has 0 saturated heterocycles. The number of aromatic nitrogens is 1. The molecule has 0 unspecified atom stereocenters.